The Morgan fingerprint density at radius 3 is 2.60 bits per heavy atom. The molecule has 0 aliphatic carbocycles. The van der Waals surface area contributed by atoms with Gasteiger partial charge in [-0.3, -0.25) is 5.09 Å². The molecular weight excluding hydrogens is 405 g/mol. The van der Waals surface area contributed by atoms with Crippen LogP contribution in [0.2, 0.25) is 0 Å². The quantitative estimate of drug-likeness (QED) is 0.312. The Balaban J connectivity index is 1.89. The Morgan fingerprint density at radius 1 is 1.17 bits per heavy atom. The van der Waals surface area contributed by atoms with Gasteiger partial charge in [-0.25, -0.2) is 13.8 Å². The van der Waals surface area contributed by atoms with Gasteiger partial charge in [0.2, 0.25) is 0 Å². The monoisotopic (exact) mass is 432 g/mol. The van der Waals surface area contributed by atoms with E-state index in [0.717, 1.165) is 54.8 Å². The van der Waals surface area contributed by atoms with Crippen LogP contribution in [-0.4, -0.2) is 16.2 Å². The molecule has 0 amide bonds. The second kappa shape index (κ2) is 10.0. The Labute approximate surface area is 176 Å². The molecule has 0 saturated heterocycles. The normalized spacial score (nSPS) is 12.3. The summed E-state index contributed by atoms with van der Waals surface area (Å²) in [6, 6.07) is 9.03. The Hall–Kier alpha value is -2.50. The van der Waals surface area contributed by atoms with Gasteiger partial charge in [-0.1, -0.05) is 26.3 Å². The molecule has 0 bridgehead atoms. The predicted octanol–water partition coefficient (Wildman–Crippen LogP) is 5.84. The maximum absolute atomic E-state index is 13.5. The second-order valence-corrected chi connectivity index (χ2v) is 9.11. The zero-order valence-corrected chi connectivity index (χ0v) is 18.2. The fourth-order valence-corrected chi connectivity index (χ4v) is 3.67. The van der Waals surface area contributed by atoms with Gasteiger partial charge in [-0.05, 0) is 37.4 Å². The first-order chi connectivity index (χ1) is 14.4. The van der Waals surface area contributed by atoms with Crippen LogP contribution in [0.1, 0.15) is 32.0 Å². The number of fused-ring (bicyclic) bond motifs is 1. The lowest BCUT2D eigenvalue weighted by molar-refractivity contribution is 0.462. The number of aromatic nitrogens is 2. The van der Waals surface area contributed by atoms with Gasteiger partial charge < -0.3 is 15.0 Å². The number of aryl methyl sites for hydroxylation is 1. The first-order valence-electron chi connectivity index (χ1n) is 9.92. The summed E-state index contributed by atoms with van der Waals surface area (Å²) in [5, 5.41) is 3.40. The molecule has 1 aromatic heterocycles. The smallest absolute Gasteiger partial charge is 0.162 e. The molecule has 3 N–H and O–H groups in total. The highest BCUT2D eigenvalue weighted by molar-refractivity contribution is 7.59. The number of rotatable bonds is 10. The molecule has 0 aliphatic heterocycles. The lowest BCUT2D eigenvalue weighted by Gasteiger charge is -2.14. The van der Waals surface area contributed by atoms with Gasteiger partial charge in [0, 0.05) is 32.2 Å². The van der Waals surface area contributed by atoms with Crippen molar-refractivity contribution in [2.24, 2.45) is 5.73 Å². The number of hydrogen-bond donors (Lipinski definition) is 2. The van der Waals surface area contributed by atoms with Crippen LogP contribution in [0.15, 0.2) is 48.4 Å². The average molecular weight is 432 g/mol. The maximum atomic E-state index is 13.5. The molecular formula is C22H27F2N4OP. The van der Waals surface area contributed by atoms with E-state index in [1.807, 2.05) is 18.8 Å². The summed E-state index contributed by atoms with van der Waals surface area (Å²) in [6.07, 6.45) is 3.28. The minimum atomic E-state index is -0.941. The largest absolute Gasteiger partial charge is 0.457 e. The predicted molar refractivity (Wildman–Crippen MR) is 119 cm³/mol. The highest BCUT2D eigenvalue weighted by atomic mass is 31.1. The third kappa shape index (κ3) is 5.35. The van der Waals surface area contributed by atoms with Gasteiger partial charge in [0.25, 0.3) is 0 Å². The Kier molecular flexibility index (Phi) is 7.40. The van der Waals surface area contributed by atoms with Crippen molar-refractivity contribution < 1.29 is 13.5 Å². The van der Waals surface area contributed by atoms with Gasteiger partial charge in [0.15, 0.2) is 11.6 Å². The van der Waals surface area contributed by atoms with Crippen LogP contribution in [0.3, 0.4) is 0 Å². The Bertz CT molecular complexity index is 1040. The highest BCUT2D eigenvalue weighted by Crippen LogP contribution is 2.32. The number of halogens is 2. The van der Waals surface area contributed by atoms with Crippen molar-refractivity contribution in [2.75, 3.05) is 6.66 Å². The van der Waals surface area contributed by atoms with E-state index in [1.165, 1.54) is 6.07 Å². The van der Waals surface area contributed by atoms with Crippen LogP contribution in [0, 0.1) is 11.6 Å². The van der Waals surface area contributed by atoms with Crippen molar-refractivity contribution in [3.8, 4) is 11.5 Å². The topological polar surface area (TPSA) is 65.1 Å². The summed E-state index contributed by atoms with van der Waals surface area (Å²) < 4.78 is 34.6. The molecule has 160 valence electrons. The molecule has 3 aromatic rings. The lowest BCUT2D eigenvalue weighted by Crippen LogP contribution is -2.14. The summed E-state index contributed by atoms with van der Waals surface area (Å²) >= 11 is 0. The lowest BCUT2D eigenvalue weighted by atomic mass is 10.2. The van der Waals surface area contributed by atoms with Gasteiger partial charge in [-0.15, -0.1) is 0 Å². The molecule has 0 fully saturated rings. The number of benzene rings is 2. The molecule has 30 heavy (non-hydrogen) atoms. The molecule has 1 heterocycles. The van der Waals surface area contributed by atoms with E-state index >= 15 is 0 Å². The highest BCUT2D eigenvalue weighted by Gasteiger charge is 2.14. The summed E-state index contributed by atoms with van der Waals surface area (Å²) in [6.45, 7) is 9.41. The molecule has 2 aromatic carbocycles. The van der Waals surface area contributed by atoms with E-state index in [0.29, 0.717) is 17.7 Å². The molecule has 5 nitrogen and oxygen atoms in total. The zero-order valence-electron chi connectivity index (χ0n) is 17.3. The standard InChI is InChI=1S/C22H27F2N4OP/c1-4-5-6-11-28-21-13-17(29-16-7-9-18(23)19(24)12-16)8-10-20(21)27-22(28)14-26-30(3)15(2)25/h7-10,12-13,26H,2,4-6,11,14,25H2,1,3H3. The van der Waals surface area contributed by atoms with Crippen LogP contribution < -0.4 is 15.6 Å². The van der Waals surface area contributed by atoms with Crippen molar-refractivity contribution in [3.05, 3.63) is 65.9 Å². The van der Waals surface area contributed by atoms with E-state index < -0.39 is 19.7 Å². The number of nitrogens with two attached hydrogens (primary N) is 1. The average Bonchev–Trinajstić information content (AvgIpc) is 3.06. The number of hydrogen-bond acceptors (Lipinski definition) is 4. The maximum Gasteiger partial charge on any atom is 0.162 e. The molecule has 1 unspecified atom stereocenters. The van der Waals surface area contributed by atoms with Crippen molar-refractivity contribution >= 4 is 19.1 Å². The van der Waals surface area contributed by atoms with Crippen LogP contribution in [0.25, 0.3) is 11.0 Å². The van der Waals surface area contributed by atoms with Crippen molar-refractivity contribution in [1.82, 2.24) is 14.6 Å². The van der Waals surface area contributed by atoms with Gasteiger partial charge in [0.1, 0.15) is 17.3 Å². The van der Waals surface area contributed by atoms with E-state index in [-0.39, 0.29) is 5.75 Å². The first-order valence-corrected chi connectivity index (χ1v) is 11.7. The van der Waals surface area contributed by atoms with Crippen LogP contribution in [-0.2, 0) is 13.1 Å². The third-order valence-electron chi connectivity index (χ3n) is 4.82. The number of nitrogens with zero attached hydrogens (tertiary/aromatic N) is 2. The molecule has 0 spiro atoms. The minimum Gasteiger partial charge on any atom is -0.457 e. The molecule has 1 atom stereocenters. The molecule has 0 saturated carbocycles. The number of imidazole rings is 1. The van der Waals surface area contributed by atoms with Gasteiger partial charge in [0.05, 0.1) is 17.6 Å². The van der Waals surface area contributed by atoms with E-state index in [2.05, 4.69) is 23.2 Å². The second-order valence-electron chi connectivity index (χ2n) is 7.10. The van der Waals surface area contributed by atoms with Gasteiger partial charge in [-0.2, -0.15) is 0 Å². The molecule has 0 aliphatic rings. The van der Waals surface area contributed by atoms with Crippen LogP contribution >= 0.6 is 8.07 Å². The first kappa shape index (κ1) is 22.2. The van der Waals surface area contributed by atoms with Gasteiger partial charge >= 0.3 is 0 Å². The van der Waals surface area contributed by atoms with Crippen LogP contribution in [0.5, 0.6) is 11.5 Å². The van der Waals surface area contributed by atoms with E-state index in [1.54, 1.807) is 6.07 Å². The minimum absolute atomic E-state index is 0.241. The summed E-state index contributed by atoms with van der Waals surface area (Å²) in [4.78, 5) is 4.77. The Morgan fingerprint density at radius 2 is 1.90 bits per heavy atom. The summed E-state index contributed by atoms with van der Waals surface area (Å²) in [7, 11) is -0.677. The number of nitrogens with one attached hydrogen (secondary N) is 1. The fraction of sp³-hybridized carbons (Fsp3) is 0.318. The SMILES string of the molecule is C=C(N)P(C)NCc1nc2ccc(Oc3ccc(F)c(F)c3)cc2n1CCCCC. The molecule has 0 radical (unpaired) electrons. The fourth-order valence-electron chi connectivity index (χ4n) is 3.09. The zero-order chi connectivity index (χ0) is 21.7. The number of ether oxygens (including phenoxy) is 1. The van der Waals surface area contributed by atoms with Crippen molar-refractivity contribution in [2.45, 2.75) is 39.3 Å². The molecule has 8 heteroatoms. The molecule has 3 rings (SSSR count). The van der Waals surface area contributed by atoms with E-state index in [9.17, 15) is 8.78 Å². The van der Waals surface area contributed by atoms with Crippen molar-refractivity contribution in [1.29, 1.82) is 0 Å². The summed E-state index contributed by atoms with van der Waals surface area (Å²) in [5.41, 5.74) is 8.24. The summed E-state index contributed by atoms with van der Waals surface area (Å²) in [5.74, 6) is -0.145. The number of unbranched alkanes of at least 4 members (excludes halogenated alkanes) is 2. The van der Waals surface area contributed by atoms with E-state index in [4.69, 9.17) is 15.5 Å². The third-order valence-corrected chi connectivity index (χ3v) is 6.31. The van der Waals surface area contributed by atoms with Crippen LogP contribution in [0.4, 0.5) is 8.78 Å². The van der Waals surface area contributed by atoms with Crippen molar-refractivity contribution in [3.63, 3.8) is 0 Å².